The molecular formula is C18H14ClN3O5. The number of benzene rings is 2. The number of nitro groups is 1. The molecule has 0 radical (unpaired) electrons. The van der Waals surface area contributed by atoms with Crippen LogP contribution in [-0.4, -0.2) is 33.6 Å². The summed E-state index contributed by atoms with van der Waals surface area (Å²) in [7, 11) is 0. The van der Waals surface area contributed by atoms with Gasteiger partial charge in [0, 0.05) is 16.8 Å². The molecule has 2 aromatic rings. The Morgan fingerprint density at radius 1 is 1.22 bits per heavy atom. The van der Waals surface area contributed by atoms with Crippen LogP contribution in [0.25, 0.3) is 0 Å². The monoisotopic (exact) mass is 387 g/mol. The quantitative estimate of drug-likeness (QED) is 0.492. The van der Waals surface area contributed by atoms with E-state index in [2.05, 4.69) is 5.32 Å². The van der Waals surface area contributed by atoms with E-state index >= 15 is 0 Å². The van der Waals surface area contributed by atoms with Gasteiger partial charge in [0.05, 0.1) is 10.5 Å². The van der Waals surface area contributed by atoms with Gasteiger partial charge in [-0.05, 0) is 37.6 Å². The third-order valence-electron chi connectivity index (χ3n) is 4.35. The number of nitro benzene ring substituents is 1. The van der Waals surface area contributed by atoms with Crippen molar-refractivity contribution in [3.63, 3.8) is 0 Å². The molecule has 0 saturated heterocycles. The highest BCUT2D eigenvalue weighted by Gasteiger charge is 2.44. The smallest absolute Gasteiger partial charge is 0.282 e. The molecule has 0 saturated carbocycles. The van der Waals surface area contributed by atoms with Crippen molar-refractivity contribution in [1.29, 1.82) is 0 Å². The van der Waals surface area contributed by atoms with E-state index in [1.165, 1.54) is 19.1 Å². The molecule has 0 spiro atoms. The van der Waals surface area contributed by atoms with Gasteiger partial charge in [-0.15, -0.1) is 0 Å². The summed E-state index contributed by atoms with van der Waals surface area (Å²) in [5, 5.41) is 14.2. The molecule has 8 nitrogen and oxygen atoms in total. The van der Waals surface area contributed by atoms with Gasteiger partial charge in [0.1, 0.15) is 11.6 Å². The van der Waals surface area contributed by atoms with Crippen LogP contribution in [0, 0.1) is 17.0 Å². The maximum absolute atomic E-state index is 12.7. The molecule has 2 aromatic carbocycles. The number of rotatable bonds is 4. The largest absolute Gasteiger partial charge is 0.324 e. The van der Waals surface area contributed by atoms with Crippen LogP contribution in [0.5, 0.6) is 0 Å². The molecule has 1 N–H and O–H groups in total. The first-order valence-corrected chi connectivity index (χ1v) is 8.32. The third kappa shape index (κ3) is 3.15. The van der Waals surface area contributed by atoms with Crippen LogP contribution in [0.15, 0.2) is 36.4 Å². The fraction of sp³-hybridized carbons (Fsp3) is 0.167. The van der Waals surface area contributed by atoms with Crippen molar-refractivity contribution >= 4 is 40.7 Å². The van der Waals surface area contributed by atoms with Crippen LogP contribution in [0.4, 0.5) is 11.4 Å². The Balaban J connectivity index is 1.90. The number of anilines is 1. The summed E-state index contributed by atoms with van der Waals surface area (Å²) < 4.78 is 0. The van der Waals surface area contributed by atoms with E-state index < -0.39 is 34.4 Å². The fourth-order valence-electron chi connectivity index (χ4n) is 2.87. The highest BCUT2D eigenvalue weighted by Crippen LogP contribution is 2.32. The minimum Gasteiger partial charge on any atom is -0.324 e. The summed E-state index contributed by atoms with van der Waals surface area (Å²) in [6.07, 6.45) is 0. The highest BCUT2D eigenvalue weighted by atomic mass is 35.5. The van der Waals surface area contributed by atoms with Crippen LogP contribution in [-0.2, 0) is 4.79 Å². The van der Waals surface area contributed by atoms with Crippen molar-refractivity contribution in [3.05, 3.63) is 68.2 Å². The van der Waals surface area contributed by atoms with Crippen LogP contribution in [0.1, 0.15) is 33.2 Å². The molecule has 9 heteroatoms. The summed E-state index contributed by atoms with van der Waals surface area (Å²) in [6.45, 7) is 3.14. The Labute approximate surface area is 158 Å². The van der Waals surface area contributed by atoms with Crippen molar-refractivity contribution in [2.24, 2.45) is 0 Å². The molecule has 0 unspecified atom stereocenters. The Hall–Kier alpha value is -3.26. The lowest BCUT2D eigenvalue weighted by atomic mass is 10.1. The van der Waals surface area contributed by atoms with Crippen LogP contribution >= 0.6 is 11.6 Å². The average molecular weight is 388 g/mol. The topological polar surface area (TPSA) is 110 Å². The second-order valence-corrected chi connectivity index (χ2v) is 6.50. The number of amides is 3. The molecule has 1 atom stereocenters. The normalized spacial score (nSPS) is 14.1. The lowest BCUT2D eigenvalue weighted by Gasteiger charge is -2.22. The SMILES string of the molecule is Cc1ccc(Cl)cc1NC(=O)[C@H](C)N1C(=O)c2cccc([N+](=O)[O-])c2C1=O. The number of hydrogen-bond acceptors (Lipinski definition) is 5. The standard InChI is InChI=1S/C18H14ClN3O5/c1-9-6-7-11(19)8-13(9)20-16(23)10(2)21-17(24)12-4-3-5-14(22(26)27)15(12)18(21)25/h3-8,10H,1-2H3,(H,20,23)/t10-/m0/s1. The number of fused-ring (bicyclic) bond motifs is 1. The third-order valence-corrected chi connectivity index (χ3v) is 4.58. The van der Waals surface area contributed by atoms with E-state index in [-0.39, 0.29) is 11.1 Å². The van der Waals surface area contributed by atoms with E-state index in [9.17, 15) is 24.5 Å². The minimum atomic E-state index is -1.17. The molecule has 27 heavy (non-hydrogen) atoms. The molecular weight excluding hydrogens is 374 g/mol. The van der Waals surface area contributed by atoms with Gasteiger partial charge in [-0.2, -0.15) is 0 Å². The maximum atomic E-state index is 12.7. The summed E-state index contributed by atoms with van der Waals surface area (Å²) in [6, 6.07) is 7.56. The van der Waals surface area contributed by atoms with Crippen molar-refractivity contribution < 1.29 is 19.3 Å². The number of nitrogens with zero attached hydrogens (tertiary/aromatic N) is 2. The maximum Gasteiger partial charge on any atom is 0.282 e. The number of carbonyl (C=O) groups is 3. The molecule has 1 heterocycles. The molecule has 3 amide bonds. The van der Waals surface area contributed by atoms with Crippen molar-refractivity contribution in [2.75, 3.05) is 5.32 Å². The summed E-state index contributed by atoms with van der Waals surface area (Å²) in [5.74, 6) is -2.23. The number of carbonyl (C=O) groups excluding carboxylic acids is 3. The van der Waals surface area contributed by atoms with Gasteiger partial charge < -0.3 is 5.32 Å². The molecule has 1 aliphatic heterocycles. The lowest BCUT2D eigenvalue weighted by molar-refractivity contribution is -0.385. The summed E-state index contributed by atoms with van der Waals surface area (Å²) in [4.78, 5) is 49.0. The second kappa shape index (κ2) is 6.81. The fourth-order valence-corrected chi connectivity index (χ4v) is 3.04. The Morgan fingerprint density at radius 2 is 1.93 bits per heavy atom. The van der Waals surface area contributed by atoms with Crippen molar-refractivity contribution in [1.82, 2.24) is 4.90 Å². The van der Waals surface area contributed by atoms with Gasteiger partial charge in [0.25, 0.3) is 17.5 Å². The van der Waals surface area contributed by atoms with E-state index in [0.717, 1.165) is 16.5 Å². The van der Waals surface area contributed by atoms with E-state index in [1.54, 1.807) is 25.1 Å². The van der Waals surface area contributed by atoms with Crippen molar-refractivity contribution in [2.45, 2.75) is 19.9 Å². The molecule has 1 aliphatic rings. The first-order chi connectivity index (χ1) is 12.7. The predicted molar refractivity (Wildman–Crippen MR) is 97.9 cm³/mol. The van der Waals surface area contributed by atoms with Gasteiger partial charge in [-0.1, -0.05) is 23.7 Å². The molecule has 0 aliphatic carbocycles. The predicted octanol–water partition coefficient (Wildman–Crippen LogP) is 3.18. The highest BCUT2D eigenvalue weighted by molar-refractivity contribution is 6.31. The lowest BCUT2D eigenvalue weighted by Crippen LogP contribution is -2.45. The Morgan fingerprint density at radius 3 is 2.59 bits per heavy atom. The zero-order valence-electron chi connectivity index (χ0n) is 14.4. The molecule has 138 valence electrons. The second-order valence-electron chi connectivity index (χ2n) is 6.06. The molecule has 3 rings (SSSR count). The van der Waals surface area contributed by atoms with E-state index in [0.29, 0.717) is 10.7 Å². The van der Waals surface area contributed by atoms with E-state index in [1.807, 2.05) is 0 Å². The Kier molecular flexibility index (Phi) is 4.67. The van der Waals surface area contributed by atoms with Crippen LogP contribution in [0.2, 0.25) is 5.02 Å². The van der Waals surface area contributed by atoms with Gasteiger partial charge in [-0.25, -0.2) is 0 Å². The van der Waals surface area contributed by atoms with Crippen molar-refractivity contribution in [3.8, 4) is 0 Å². The summed E-state index contributed by atoms with van der Waals surface area (Å²) >= 11 is 5.93. The zero-order chi connectivity index (χ0) is 19.9. The molecule has 0 fully saturated rings. The van der Waals surface area contributed by atoms with Gasteiger partial charge >= 0.3 is 0 Å². The Bertz CT molecular complexity index is 1000. The first kappa shape index (κ1) is 18.5. The first-order valence-electron chi connectivity index (χ1n) is 7.94. The van der Waals surface area contributed by atoms with E-state index in [4.69, 9.17) is 11.6 Å². The zero-order valence-corrected chi connectivity index (χ0v) is 15.1. The average Bonchev–Trinajstić information content (AvgIpc) is 2.88. The van der Waals surface area contributed by atoms with Gasteiger partial charge in [0.2, 0.25) is 5.91 Å². The number of nitrogens with one attached hydrogen (secondary N) is 1. The number of aryl methyl sites for hydroxylation is 1. The summed E-state index contributed by atoms with van der Waals surface area (Å²) in [5.41, 5.74) is 0.338. The number of imide groups is 1. The minimum absolute atomic E-state index is 0.0900. The number of hydrogen-bond donors (Lipinski definition) is 1. The molecule has 0 aromatic heterocycles. The van der Waals surface area contributed by atoms with Crippen LogP contribution in [0.3, 0.4) is 0 Å². The molecule has 0 bridgehead atoms. The van der Waals surface area contributed by atoms with Gasteiger partial charge in [-0.3, -0.25) is 29.4 Å². The van der Waals surface area contributed by atoms with Gasteiger partial charge in [0.15, 0.2) is 0 Å². The van der Waals surface area contributed by atoms with Crippen LogP contribution < -0.4 is 5.32 Å². The number of halogens is 1.